The van der Waals surface area contributed by atoms with Crippen LogP contribution in [0.5, 0.6) is 0 Å². The molecule has 0 aliphatic rings. The first-order chi connectivity index (χ1) is 10.1. The molecule has 0 spiro atoms. The molecule has 0 bridgehead atoms. The van der Waals surface area contributed by atoms with Crippen molar-refractivity contribution in [1.29, 1.82) is 0 Å². The highest BCUT2D eigenvalue weighted by Gasteiger charge is 2.33. The van der Waals surface area contributed by atoms with Gasteiger partial charge < -0.3 is 14.9 Å². The summed E-state index contributed by atoms with van der Waals surface area (Å²) < 4.78 is -1.37. The molecule has 3 aromatic rings. The molecule has 8 heteroatoms. The van der Waals surface area contributed by atoms with Gasteiger partial charge in [-0.05, 0) is 19.1 Å². The minimum absolute atomic E-state index is 0.390. The average Bonchev–Trinajstić information content (AvgIpc) is 2.97. The normalized spacial score (nSPS) is 14.0. The number of thioether (sulfide) groups is 1. The van der Waals surface area contributed by atoms with Gasteiger partial charge in [0.2, 0.25) is 0 Å². The van der Waals surface area contributed by atoms with Gasteiger partial charge in [-0.15, -0.1) is 0 Å². The quantitative estimate of drug-likeness (QED) is 0.552. The Morgan fingerprint density at radius 2 is 2.14 bits per heavy atom. The number of carbonyl (C=O) groups is 1. The van der Waals surface area contributed by atoms with Gasteiger partial charge in [-0.25, -0.2) is 15.0 Å². The SMILES string of the molecule is CC(Sc1ncnc2nc[nH]c12)(C(=O)[O-])c1ccccn1. The molecule has 3 aromatic heterocycles. The van der Waals surface area contributed by atoms with Gasteiger partial charge in [0.25, 0.3) is 0 Å². The molecule has 3 heterocycles. The molecule has 0 aliphatic carbocycles. The largest absolute Gasteiger partial charge is 0.548 e. The van der Waals surface area contributed by atoms with Crippen molar-refractivity contribution in [1.82, 2.24) is 24.9 Å². The molecule has 7 nitrogen and oxygen atoms in total. The number of carboxylic acid groups (broad SMARTS) is 1. The Morgan fingerprint density at radius 1 is 1.29 bits per heavy atom. The molecule has 0 amide bonds. The summed E-state index contributed by atoms with van der Waals surface area (Å²) in [7, 11) is 0. The molecule has 0 fully saturated rings. The molecular formula is C13H10N5O2S-. The number of aliphatic carboxylic acids is 1. The number of hydrogen-bond acceptors (Lipinski definition) is 7. The third kappa shape index (κ3) is 2.33. The van der Waals surface area contributed by atoms with E-state index in [0.717, 1.165) is 11.8 Å². The lowest BCUT2D eigenvalue weighted by atomic mass is 10.1. The Bertz CT molecular complexity index is 791. The maximum atomic E-state index is 11.7. The molecule has 1 N–H and O–H groups in total. The molecule has 3 rings (SSSR count). The molecule has 1 atom stereocenters. The van der Waals surface area contributed by atoms with Crippen LogP contribution < -0.4 is 5.11 Å². The third-order valence-electron chi connectivity index (χ3n) is 3.03. The van der Waals surface area contributed by atoms with E-state index in [2.05, 4.69) is 24.9 Å². The van der Waals surface area contributed by atoms with Gasteiger partial charge >= 0.3 is 0 Å². The van der Waals surface area contributed by atoms with E-state index in [-0.39, 0.29) is 0 Å². The Kier molecular flexibility index (Phi) is 3.30. The monoisotopic (exact) mass is 300 g/mol. The minimum Gasteiger partial charge on any atom is -0.548 e. The van der Waals surface area contributed by atoms with Gasteiger partial charge in [-0.1, -0.05) is 17.8 Å². The van der Waals surface area contributed by atoms with Crippen LogP contribution in [-0.2, 0) is 9.54 Å². The zero-order chi connectivity index (χ0) is 14.9. The molecule has 0 radical (unpaired) electrons. The van der Waals surface area contributed by atoms with Gasteiger partial charge in [0.05, 0.1) is 18.0 Å². The fourth-order valence-corrected chi connectivity index (χ4v) is 2.90. The molecule has 0 saturated heterocycles. The number of hydrogen-bond donors (Lipinski definition) is 1. The zero-order valence-corrected chi connectivity index (χ0v) is 11.8. The van der Waals surface area contributed by atoms with E-state index in [1.54, 1.807) is 31.3 Å². The van der Waals surface area contributed by atoms with E-state index in [1.165, 1.54) is 12.7 Å². The Labute approximate surface area is 123 Å². The Hall–Kier alpha value is -2.48. The second-order valence-electron chi connectivity index (χ2n) is 4.42. The van der Waals surface area contributed by atoms with Crippen LogP contribution in [0.4, 0.5) is 0 Å². The number of aromatic nitrogens is 5. The molecule has 1 unspecified atom stereocenters. The van der Waals surface area contributed by atoms with Gasteiger partial charge in [-0.3, -0.25) is 4.98 Å². The highest BCUT2D eigenvalue weighted by Crippen LogP contribution is 2.40. The van der Waals surface area contributed by atoms with Gasteiger partial charge in [0.15, 0.2) is 5.65 Å². The van der Waals surface area contributed by atoms with Crippen LogP contribution in [-0.4, -0.2) is 30.9 Å². The standard InChI is InChI=1S/C13H11N5O2S/c1-13(12(19)20,8-4-2-3-5-14-8)21-11-9-10(16-6-15-9)17-7-18-11/h2-7H,1H3,(H,19,20)(H,15,16,17,18)/p-1. The number of aromatic amines is 1. The third-order valence-corrected chi connectivity index (χ3v) is 4.32. The number of nitrogens with one attached hydrogen (secondary N) is 1. The smallest absolute Gasteiger partial charge is 0.181 e. The topological polar surface area (TPSA) is 107 Å². The van der Waals surface area contributed by atoms with Crippen molar-refractivity contribution in [3.05, 3.63) is 42.7 Å². The van der Waals surface area contributed by atoms with Gasteiger partial charge in [-0.2, -0.15) is 0 Å². The van der Waals surface area contributed by atoms with Crippen LogP contribution in [0.2, 0.25) is 0 Å². The summed E-state index contributed by atoms with van der Waals surface area (Å²) in [6.45, 7) is 1.54. The number of rotatable bonds is 4. The fourth-order valence-electron chi connectivity index (χ4n) is 1.86. The number of H-pyrrole nitrogens is 1. The molecule has 0 saturated carbocycles. The highest BCUT2D eigenvalue weighted by molar-refractivity contribution is 8.01. The summed E-state index contributed by atoms with van der Waals surface area (Å²) in [5, 5.41) is 12.1. The maximum absolute atomic E-state index is 11.7. The maximum Gasteiger partial charge on any atom is 0.181 e. The minimum atomic E-state index is -1.37. The first-order valence-corrected chi connectivity index (χ1v) is 6.89. The lowest BCUT2D eigenvalue weighted by Crippen LogP contribution is -2.41. The lowest BCUT2D eigenvalue weighted by molar-refractivity contribution is -0.309. The second kappa shape index (κ2) is 5.13. The van der Waals surface area contributed by atoms with Crippen LogP contribution in [0.15, 0.2) is 42.1 Å². The van der Waals surface area contributed by atoms with Crippen molar-refractivity contribution in [2.75, 3.05) is 0 Å². The molecular weight excluding hydrogens is 290 g/mol. The Balaban J connectivity index is 2.08. The van der Waals surface area contributed by atoms with E-state index in [0.29, 0.717) is 21.9 Å². The van der Waals surface area contributed by atoms with Crippen molar-refractivity contribution >= 4 is 28.9 Å². The van der Waals surface area contributed by atoms with E-state index < -0.39 is 10.7 Å². The lowest BCUT2D eigenvalue weighted by Gasteiger charge is -2.28. The van der Waals surface area contributed by atoms with Crippen LogP contribution in [0.1, 0.15) is 12.6 Å². The van der Waals surface area contributed by atoms with Crippen molar-refractivity contribution in [2.24, 2.45) is 0 Å². The van der Waals surface area contributed by atoms with Gasteiger partial charge in [0.1, 0.15) is 21.6 Å². The van der Waals surface area contributed by atoms with E-state index in [1.807, 2.05) is 0 Å². The van der Waals surface area contributed by atoms with Crippen molar-refractivity contribution in [3.8, 4) is 0 Å². The van der Waals surface area contributed by atoms with Crippen molar-refractivity contribution in [2.45, 2.75) is 16.7 Å². The molecule has 106 valence electrons. The first-order valence-electron chi connectivity index (χ1n) is 6.07. The highest BCUT2D eigenvalue weighted by atomic mass is 32.2. The molecule has 0 aliphatic heterocycles. The molecule has 0 aromatic carbocycles. The molecule has 21 heavy (non-hydrogen) atoms. The van der Waals surface area contributed by atoms with Crippen molar-refractivity contribution in [3.63, 3.8) is 0 Å². The fraction of sp³-hybridized carbons (Fsp3) is 0.154. The van der Waals surface area contributed by atoms with Crippen molar-refractivity contribution < 1.29 is 9.90 Å². The summed E-state index contributed by atoms with van der Waals surface area (Å²) >= 11 is 1.04. The summed E-state index contributed by atoms with van der Waals surface area (Å²) in [4.78, 5) is 30.9. The second-order valence-corrected chi connectivity index (χ2v) is 5.83. The summed E-state index contributed by atoms with van der Waals surface area (Å²) in [5.41, 5.74) is 1.46. The van der Waals surface area contributed by atoms with E-state index >= 15 is 0 Å². The first kappa shape index (κ1) is 13.5. The number of carbonyl (C=O) groups excluding carboxylic acids is 1. The number of carboxylic acids is 1. The number of pyridine rings is 1. The van der Waals surface area contributed by atoms with E-state index in [4.69, 9.17) is 0 Å². The van der Waals surface area contributed by atoms with Crippen LogP contribution in [0, 0.1) is 0 Å². The summed E-state index contributed by atoms with van der Waals surface area (Å²) in [6, 6.07) is 5.10. The van der Waals surface area contributed by atoms with Crippen LogP contribution in [0.25, 0.3) is 11.2 Å². The predicted molar refractivity (Wildman–Crippen MR) is 74.1 cm³/mol. The number of nitrogens with zero attached hydrogens (tertiary/aromatic N) is 4. The Morgan fingerprint density at radius 3 is 2.86 bits per heavy atom. The summed E-state index contributed by atoms with van der Waals surface area (Å²) in [5.74, 6) is -1.24. The van der Waals surface area contributed by atoms with Crippen LogP contribution >= 0.6 is 11.8 Å². The van der Waals surface area contributed by atoms with Crippen LogP contribution in [0.3, 0.4) is 0 Å². The van der Waals surface area contributed by atoms with E-state index in [9.17, 15) is 9.90 Å². The number of fused-ring (bicyclic) bond motifs is 1. The average molecular weight is 300 g/mol. The zero-order valence-electron chi connectivity index (χ0n) is 11.0. The summed E-state index contributed by atoms with van der Waals surface area (Å²) in [6.07, 6.45) is 4.38. The predicted octanol–water partition coefficient (Wildman–Crippen LogP) is 0.505. The number of imidazole rings is 1. The van der Waals surface area contributed by atoms with Gasteiger partial charge in [0, 0.05) is 6.20 Å².